The van der Waals surface area contributed by atoms with E-state index in [9.17, 15) is 0 Å². The first-order valence-corrected chi connectivity index (χ1v) is 3.96. The van der Waals surface area contributed by atoms with Crippen LogP contribution in [0.4, 0.5) is 0 Å². The van der Waals surface area contributed by atoms with Crippen LogP contribution in [0.25, 0.3) is 0 Å². The summed E-state index contributed by atoms with van der Waals surface area (Å²) in [6.45, 7) is 4.14. The number of hydrogen-bond donors (Lipinski definition) is 0. The molecule has 1 heterocycles. The molecular formula is C8H15NO. The van der Waals surface area contributed by atoms with Crippen LogP contribution in [0.2, 0.25) is 0 Å². The second-order valence-corrected chi connectivity index (χ2v) is 2.56. The minimum Gasteiger partial charge on any atom is -0.414 e. The third-order valence-corrected chi connectivity index (χ3v) is 1.66. The van der Waals surface area contributed by atoms with Crippen LogP contribution < -0.4 is 0 Å². The Kier molecular flexibility index (Phi) is 3.30. The van der Waals surface area contributed by atoms with Gasteiger partial charge in [0.05, 0.1) is 0 Å². The molecule has 0 unspecified atom stereocenters. The highest BCUT2D eigenvalue weighted by Crippen LogP contribution is 2.08. The highest BCUT2D eigenvalue weighted by atomic mass is 16.7. The van der Waals surface area contributed by atoms with E-state index < -0.39 is 0 Å². The second-order valence-electron chi connectivity index (χ2n) is 2.56. The van der Waals surface area contributed by atoms with Crippen LogP contribution in [0.5, 0.6) is 0 Å². The van der Waals surface area contributed by atoms with Crippen molar-refractivity contribution in [3.05, 3.63) is 12.3 Å². The van der Waals surface area contributed by atoms with Gasteiger partial charge in [0.25, 0.3) is 0 Å². The Hall–Kier alpha value is -0.500. The van der Waals surface area contributed by atoms with Crippen molar-refractivity contribution in [1.82, 2.24) is 5.06 Å². The lowest BCUT2D eigenvalue weighted by Crippen LogP contribution is -2.27. The molecule has 0 aliphatic carbocycles. The molecule has 1 fully saturated rings. The lowest BCUT2D eigenvalue weighted by molar-refractivity contribution is -0.115. The fourth-order valence-electron chi connectivity index (χ4n) is 1.12. The maximum atomic E-state index is 5.28. The summed E-state index contributed by atoms with van der Waals surface area (Å²) < 4.78 is 0. The molecule has 0 radical (unpaired) electrons. The summed E-state index contributed by atoms with van der Waals surface area (Å²) in [7, 11) is 0. The quantitative estimate of drug-likeness (QED) is 0.545. The Labute approximate surface area is 62.4 Å². The predicted molar refractivity (Wildman–Crippen MR) is 41.3 cm³/mol. The van der Waals surface area contributed by atoms with Crippen molar-refractivity contribution < 1.29 is 4.84 Å². The number of nitrogens with zero attached hydrogens (tertiary/aromatic N) is 1. The fraction of sp³-hybridized carbons (Fsp3) is 0.750. The largest absolute Gasteiger partial charge is 0.414 e. The van der Waals surface area contributed by atoms with Crippen molar-refractivity contribution in [3.8, 4) is 0 Å². The van der Waals surface area contributed by atoms with Crippen LogP contribution in [0.15, 0.2) is 12.3 Å². The standard InChI is InChI=1S/C8H15NO/c1-2-8-10-9-6-4-3-5-7-9/h2,8H,3-7H2,1H3/b8-2-. The zero-order chi connectivity index (χ0) is 7.23. The van der Waals surface area contributed by atoms with Gasteiger partial charge in [-0.15, -0.1) is 5.06 Å². The molecule has 58 valence electrons. The molecule has 1 saturated heterocycles. The summed E-state index contributed by atoms with van der Waals surface area (Å²) in [6, 6.07) is 0. The third-order valence-electron chi connectivity index (χ3n) is 1.66. The van der Waals surface area contributed by atoms with Gasteiger partial charge in [-0.3, -0.25) is 0 Å². The van der Waals surface area contributed by atoms with Crippen molar-refractivity contribution in [3.63, 3.8) is 0 Å². The SMILES string of the molecule is C/C=C\ON1CCCCC1. The molecule has 1 aliphatic heterocycles. The van der Waals surface area contributed by atoms with Crippen molar-refractivity contribution >= 4 is 0 Å². The Bertz CT molecular complexity index is 106. The summed E-state index contributed by atoms with van der Waals surface area (Å²) in [4.78, 5) is 5.28. The minimum atomic E-state index is 1.09. The van der Waals surface area contributed by atoms with Crippen LogP contribution in [0.3, 0.4) is 0 Å². The van der Waals surface area contributed by atoms with Gasteiger partial charge < -0.3 is 4.84 Å². The van der Waals surface area contributed by atoms with Crippen LogP contribution in [0, 0.1) is 0 Å². The summed E-state index contributed by atoms with van der Waals surface area (Å²) in [5, 5.41) is 2.02. The molecule has 1 aliphatic rings. The number of rotatable bonds is 2. The average Bonchev–Trinajstić information content (AvgIpc) is 2.03. The molecule has 0 aromatic rings. The minimum absolute atomic E-state index is 1.09. The third kappa shape index (κ3) is 2.40. The highest BCUT2D eigenvalue weighted by Gasteiger charge is 2.08. The van der Waals surface area contributed by atoms with Gasteiger partial charge >= 0.3 is 0 Å². The van der Waals surface area contributed by atoms with Gasteiger partial charge in [0.2, 0.25) is 0 Å². The maximum absolute atomic E-state index is 5.28. The van der Waals surface area contributed by atoms with Gasteiger partial charge in [0.1, 0.15) is 6.26 Å². The van der Waals surface area contributed by atoms with Crippen LogP contribution >= 0.6 is 0 Å². The maximum Gasteiger partial charge on any atom is 0.107 e. The van der Waals surface area contributed by atoms with Gasteiger partial charge in [-0.1, -0.05) is 12.5 Å². The molecule has 2 nitrogen and oxygen atoms in total. The number of allylic oxidation sites excluding steroid dienone is 1. The summed E-state index contributed by atoms with van der Waals surface area (Å²) in [6.07, 6.45) is 7.56. The van der Waals surface area contributed by atoms with E-state index >= 15 is 0 Å². The molecule has 0 bridgehead atoms. The van der Waals surface area contributed by atoms with Crippen LogP contribution in [-0.4, -0.2) is 18.2 Å². The van der Waals surface area contributed by atoms with Crippen molar-refractivity contribution in [2.75, 3.05) is 13.1 Å². The van der Waals surface area contributed by atoms with E-state index in [-0.39, 0.29) is 0 Å². The van der Waals surface area contributed by atoms with E-state index in [2.05, 4.69) is 0 Å². The number of piperidine rings is 1. The van der Waals surface area contributed by atoms with Gasteiger partial charge in [0.15, 0.2) is 0 Å². The van der Waals surface area contributed by atoms with Crippen LogP contribution in [0.1, 0.15) is 26.2 Å². The summed E-state index contributed by atoms with van der Waals surface area (Å²) in [5.74, 6) is 0. The molecule has 2 heteroatoms. The highest BCUT2D eigenvalue weighted by molar-refractivity contribution is 4.66. The van der Waals surface area contributed by atoms with E-state index in [4.69, 9.17) is 4.84 Å². The molecule has 1 rings (SSSR count). The Morgan fingerprint density at radius 3 is 2.50 bits per heavy atom. The molecule has 0 amide bonds. The summed E-state index contributed by atoms with van der Waals surface area (Å²) >= 11 is 0. The molecule has 10 heavy (non-hydrogen) atoms. The average molecular weight is 141 g/mol. The topological polar surface area (TPSA) is 12.5 Å². The van der Waals surface area contributed by atoms with Gasteiger partial charge in [0, 0.05) is 13.1 Å². The number of hydrogen-bond acceptors (Lipinski definition) is 2. The lowest BCUT2D eigenvalue weighted by atomic mass is 10.2. The van der Waals surface area contributed by atoms with Gasteiger partial charge in [-0.25, -0.2) is 0 Å². The molecule has 0 atom stereocenters. The first-order chi connectivity index (χ1) is 4.93. The summed E-state index contributed by atoms with van der Waals surface area (Å²) in [5.41, 5.74) is 0. The second kappa shape index (κ2) is 4.34. The van der Waals surface area contributed by atoms with E-state index in [1.807, 2.05) is 18.1 Å². The lowest BCUT2D eigenvalue weighted by Gasteiger charge is -2.23. The molecule has 0 N–H and O–H groups in total. The first kappa shape index (κ1) is 7.61. The molecule has 0 aromatic carbocycles. The zero-order valence-corrected chi connectivity index (χ0v) is 6.55. The van der Waals surface area contributed by atoms with Crippen molar-refractivity contribution in [2.24, 2.45) is 0 Å². The predicted octanol–water partition coefficient (Wildman–Crippen LogP) is 1.94. The smallest absolute Gasteiger partial charge is 0.107 e. The van der Waals surface area contributed by atoms with Gasteiger partial charge in [-0.2, -0.15) is 0 Å². The molecular weight excluding hydrogens is 126 g/mol. The Morgan fingerprint density at radius 2 is 1.90 bits per heavy atom. The normalized spacial score (nSPS) is 21.7. The molecule has 0 spiro atoms. The van der Waals surface area contributed by atoms with Crippen molar-refractivity contribution in [1.29, 1.82) is 0 Å². The monoisotopic (exact) mass is 141 g/mol. The van der Waals surface area contributed by atoms with E-state index in [0.717, 1.165) is 13.1 Å². The van der Waals surface area contributed by atoms with E-state index in [1.165, 1.54) is 19.3 Å². The molecule has 0 aromatic heterocycles. The zero-order valence-electron chi connectivity index (χ0n) is 6.55. The molecule has 0 saturated carbocycles. The Balaban J connectivity index is 2.13. The van der Waals surface area contributed by atoms with Gasteiger partial charge in [-0.05, 0) is 19.8 Å². The number of hydroxylamine groups is 2. The first-order valence-electron chi connectivity index (χ1n) is 3.96. The van der Waals surface area contributed by atoms with Crippen LogP contribution in [-0.2, 0) is 4.84 Å². The Morgan fingerprint density at radius 1 is 1.20 bits per heavy atom. The van der Waals surface area contributed by atoms with Crippen molar-refractivity contribution in [2.45, 2.75) is 26.2 Å². The van der Waals surface area contributed by atoms with E-state index in [1.54, 1.807) is 6.26 Å². The van der Waals surface area contributed by atoms with E-state index in [0.29, 0.717) is 0 Å². The fourth-order valence-corrected chi connectivity index (χ4v) is 1.12.